The third-order valence-corrected chi connectivity index (χ3v) is 8.38. The maximum Gasteiger partial charge on any atom is 0.133 e. The summed E-state index contributed by atoms with van der Waals surface area (Å²) in [5.74, 6) is 1.46. The first-order valence-corrected chi connectivity index (χ1v) is 12.3. The van der Waals surface area contributed by atoms with Crippen molar-refractivity contribution in [3.05, 3.63) is 71.3 Å². The number of fused-ring (bicyclic) bond motifs is 1. The van der Waals surface area contributed by atoms with E-state index in [2.05, 4.69) is 64.4 Å². The van der Waals surface area contributed by atoms with Crippen molar-refractivity contribution in [2.24, 2.45) is 11.8 Å². The third-order valence-electron chi connectivity index (χ3n) is 8.38. The number of benzene rings is 2. The lowest BCUT2D eigenvalue weighted by Gasteiger charge is -2.54. The van der Waals surface area contributed by atoms with Gasteiger partial charge in [0, 0.05) is 25.0 Å². The summed E-state index contributed by atoms with van der Waals surface area (Å²) in [7, 11) is 0. The van der Waals surface area contributed by atoms with E-state index in [-0.39, 0.29) is 5.41 Å². The minimum atomic E-state index is 0.215. The maximum absolute atomic E-state index is 11.5. The van der Waals surface area contributed by atoms with E-state index < -0.39 is 0 Å². The Morgan fingerprint density at radius 3 is 2.26 bits per heavy atom. The average molecular weight is 417 g/mol. The van der Waals surface area contributed by atoms with E-state index in [4.69, 9.17) is 0 Å². The summed E-state index contributed by atoms with van der Waals surface area (Å²) in [5, 5.41) is 0. The van der Waals surface area contributed by atoms with Crippen LogP contribution in [0, 0.1) is 11.8 Å². The van der Waals surface area contributed by atoms with E-state index in [1.807, 2.05) is 0 Å². The van der Waals surface area contributed by atoms with Crippen LogP contribution in [0.15, 0.2) is 54.6 Å². The number of nitrogens with zero attached hydrogens (tertiary/aromatic N) is 2. The molecule has 2 aliphatic heterocycles. The summed E-state index contributed by atoms with van der Waals surface area (Å²) in [6, 6.07) is 20.1. The van der Waals surface area contributed by atoms with Gasteiger partial charge in [-0.15, -0.1) is 0 Å². The maximum atomic E-state index is 11.5. The molecule has 3 aliphatic rings. The molecule has 1 aliphatic carbocycles. The third kappa shape index (κ3) is 4.10. The summed E-state index contributed by atoms with van der Waals surface area (Å²) >= 11 is 0. The molecule has 0 spiro atoms. The molecule has 0 unspecified atom stereocenters. The minimum absolute atomic E-state index is 0.215. The van der Waals surface area contributed by atoms with Crippen LogP contribution in [0.3, 0.4) is 0 Å². The van der Waals surface area contributed by atoms with E-state index >= 15 is 0 Å². The van der Waals surface area contributed by atoms with Crippen LogP contribution in [0.4, 0.5) is 0 Å². The fourth-order valence-corrected chi connectivity index (χ4v) is 7.02. The second-order valence-electron chi connectivity index (χ2n) is 10.1. The molecule has 2 aromatic rings. The van der Waals surface area contributed by atoms with Crippen LogP contribution in [-0.4, -0.2) is 42.3 Å². The molecule has 1 atom stereocenters. The number of hydrogen-bond donors (Lipinski definition) is 0. The zero-order valence-electron chi connectivity index (χ0n) is 18.7. The van der Waals surface area contributed by atoms with Gasteiger partial charge in [-0.1, -0.05) is 67.4 Å². The summed E-state index contributed by atoms with van der Waals surface area (Å²) in [6.07, 6.45) is 9.10. The SMILES string of the molecule is O=CCN1Cc2ccccc2[C@](C2CCCC2)(C2CCN(Cc3ccccc3)CC2)C1. The summed E-state index contributed by atoms with van der Waals surface area (Å²) < 4.78 is 0. The second-order valence-corrected chi connectivity index (χ2v) is 10.1. The van der Waals surface area contributed by atoms with Gasteiger partial charge in [0.1, 0.15) is 6.29 Å². The summed E-state index contributed by atoms with van der Waals surface area (Å²) in [4.78, 5) is 16.5. The molecule has 0 N–H and O–H groups in total. The van der Waals surface area contributed by atoms with Crippen molar-refractivity contribution in [1.82, 2.24) is 9.80 Å². The lowest BCUT2D eigenvalue weighted by molar-refractivity contribution is -0.109. The molecule has 0 bridgehead atoms. The Morgan fingerprint density at radius 1 is 0.839 bits per heavy atom. The molecule has 1 saturated carbocycles. The van der Waals surface area contributed by atoms with Crippen molar-refractivity contribution in [2.75, 3.05) is 26.2 Å². The van der Waals surface area contributed by atoms with Crippen LogP contribution in [0.5, 0.6) is 0 Å². The van der Waals surface area contributed by atoms with Gasteiger partial charge >= 0.3 is 0 Å². The average Bonchev–Trinajstić information content (AvgIpc) is 3.35. The standard InChI is InChI=1S/C28H36N2O/c31-19-18-30-21-24-10-4-7-13-27(24)28(22-30,25-11-5-6-12-25)26-14-16-29(17-15-26)20-23-8-2-1-3-9-23/h1-4,7-10,13,19,25-26H,5-6,11-12,14-18,20-22H2/t28-/m1/s1. The smallest absolute Gasteiger partial charge is 0.133 e. The van der Waals surface area contributed by atoms with E-state index in [1.54, 1.807) is 5.56 Å². The van der Waals surface area contributed by atoms with Gasteiger partial charge in [-0.3, -0.25) is 9.80 Å². The van der Waals surface area contributed by atoms with Crippen LogP contribution in [0.25, 0.3) is 0 Å². The van der Waals surface area contributed by atoms with E-state index in [1.165, 1.54) is 62.7 Å². The zero-order valence-corrected chi connectivity index (χ0v) is 18.7. The lowest BCUT2D eigenvalue weighted by Crippen LogP contribution is -2.56. The molecule has 0 radical (unpaired) electrons. The van der Waals surface area contributed by atoms with Crippen molar-refractivity contribution in [3.63, 3.8) is 0 Å². The van der Waals surface area contributed by atoms with Crippen LogP contribution in [-0.2, 0) is 23.3 Å². The van der Waals surface area contributed by atoms with Gasteiger partial charge in [0.05, 0.1) is 6.54 Å². The Morgan fingerprint density at radius 2 is 1.52 bits per heavy atom. The number of carbonyl (C=O) groups excluding carboxylic acids is 1. The number of piperidine rings is 1. The first-order valence-electron chi connectivity index (χ1n) is 12.3. The Bertz CT molecular complexity index is 868. The van der Waals surface area contributed by atoms with Crippen molar-refractivity contribution < 1.29 is 4.79 Å². The molecule has 164 valence electrons. The first-order chi connectivity index (χ1) is 15.3. The Kier molecular flexibility index (Phi) is 6.24. The molecule has 3 heteroatoms. The molecule has 0 amide bonds. The molecule has 5 rings (SSSR count). The number of aldehydes is 1. The van der Waals surface area contributed by atoms with E-state index in [0.717, 1.165) is 31.8 Å². The van der Waals surface area contributed by atoms with Crippen LogP contribution < -0.4 is 0 Å². The normalized spacial score (nSPS) is 26.1. The van der Waals surface area contributed by atoms with Gasteiger partial charge in [-0.25, -0.2) is 0 Å². The van der Waals surface area contributed by atoms with E-state index in [0.29, 0.717) is 12.5 Å². The molecular formula is C28H36N2O. The predicted octanol–water partition coefficient (Wildman–Crippen LogP) is 5.04. The monoisotopic (exact) mass is 416 g/mol. The fourth-order valence-electron chi connectivity index (χ4n) is 7.02. The summed E-state index contributed by atoms with van der Waals surface area (Å²) in [6.45, 7) is 5.99. The predicted molar refractivity (Wildman–Crippen MR) is 126 cm³/mol. The van der Waals surface area contributed by atoms with Gasteiger partial charge in [0.2, 0.25) is 0 Å². The topological polar surface area (TPSA) is 23.6 Å². The molecule has 2 heterocycles. The van der Waals surface area contributed by atoms with Gasteiger partial charge in [0.25, 0.3) is 0 Å². The van der Waals surface area contributed by atoms with Crippen LogP contribution in [0.1, 0.15) is 55.2 Å². The number of likely N-dealkylation sites (tertiary alicyclic amines) is 1. The van der Waals surface area contributed by atoms with Crippen molar-refractivity contribution in [2.45, 2.75) is 57.0 Å². The first kappa shape index (κ1) is 20.9. The van der Waals surface area contributed by atoms with Gasteiger partial charge in [-0.05, 0) is 67.3 Å². The van der Waals surface area contributed by atoms with Gasteiger partial charge in [0.15, 0.2) is 0 Å². The largest absolute Gasteiger partial charge is 0.302 e. The van der Waals surface area contributed by atoms with Gasteiger partial charge < -0.3 is 4.79 Å². The van der Waals surface area contributed by atoms with Crippen LogP contribution >= 0.6 is 0 Å². The minimum Gasteiger partial charge on any atom is -0.302 e. The van der Waals surface area contributed by atoms with Crippen LogP contribution in [0.2, 0.25) is 0 Å². The van der Waals surface area contributed by atoms with Crippen molar-refractivity contribution in [3.8, 4) is 0 Å². The highest BCUT2D eigenvalue weighted by Crippen LogP contribution is 2.53. The highest BCUT2D eigenvalue weighted by molar-refractivity contribution is 5.52. The quantitative estimate of drug-likeness (QED) is 0.616. The fraction of sp³-hybridized carbons (Fsp3) is 0.536. The molecule has 0 aromatic heterocycles. The highest BCUT2D eigenvalue weighted by atomic mass is 16.1. The van der Waals surface area contributed by atoms with Gasteiger partial charge in [-0.2, -0.15) is 0 Å². The second kappa shape index (κ2) is 9.26. The number of hydrogen-bond acceptors (Lipinski definition) is 3. The number of rotatable bonds is 6. The molecular weight excluding hydrogens is 380 g/mol. The molecule has 3 nitrogen and oxygen atoms in total. The lowest BCUT2D eigenvalue weighted by atomic mass is 9.57. The van der Waals surface area contributed by atoms with E-state index in [9.17, 15) is 4.79 Å². The van der Waals surface area contributed by atoms with Crippen molar-refractivity contribution >= 4 is 6.29 Å². The van der Waals surface area contributed by atoms with Crippen molar-refractivity contribution in [1.29, 1.82) is 0 Å². The Labute approximate surface area is 187 Å². The zero-order chi connectivity index (χ0) is 21.1. The molecule has 2 aromatic carbocycles. The highest BCUT2D eigenvalue weighted by Gasteiger charge is 2.51. The Balaban J connectivity index is 1.42. The summed E-state index contributed by atoms with van der Waals surface area (Å²) in [5.41, 5.74) is 4.72. The molecule has 31 heavy (non-hydrogen) atoms. The molecule has 2 fully saturated rings. The molecule has 1 saturated heterocycles. The number of carbonyl (C=O) groups is 1. The Hall–Kier alpha value is -1.97.